The minimum atomic E-state index is -4.78. The van der Waals surface area contributed by atoms with Crippen molar-refractivity contribution in [2.75, 3.05) is 25.2 Å². The van der Waals surface area contributed by atoms with Crippen LogP contribution < -0.4 is 25.7 Å². The maximum absolute atomic E-state index is 12.4. The molecular weight excluding hydrogens is 443 g/mol. The zero-order valence-corrected chi connectivity index (χ0v) is 18.1. The monoisotopic (exact) mass is 465 g/mol. The molecule has 3 aromatic rings. The molecule has 170 valence electrons. The van der Waals surface area contributed by atoms with Crippen molar-refractivity contribution in [3.63, 3.8) is 0 Å². The van der Waals surface area contributed by atoms with Gasteiger partial charge in [-0.3, -0.25) is 9.93 Å². The Morgan fingerprint density at radius 3 is 2.28 bits per heavy atom. The zero-order valence-electron chi connectivity index (χ0n) is 17.3. The Morgan fingerprint density at radius 1 is 1.00 bits per heavy atom. The van der Waals surface area contributed by atoms with Gasteiger partial charge in [0.05, 0.1) is 12.0 Å². The number of ether oxygens (including phenoxy) is 2. The number of carbonyl (C=O) groups is 1. The minimum absolute atomic E-state index is 0.202. The summed E-state index contributed by atoms with van der Waals surface area (Å²) in [6, 6.07) is 15.8. The van der Waals surface area contributed by atoms with Gasteiger partial charge in [0.2, 0.25) is 0 Å². The number of nitrogens with two attached hydrogens (primary N) is 2. The van der Waals surface area contributed by atoms with E-state index in [9.17, 15) is 18.0 Å². The molecule has 10 heteroatoms. The van der Waals surface area contributed by atoms with Crippen LogP contribution in [-0.2, 0) is 0 Å². The number of nitrogens with one attached hydrogen (secondary N) is 1. The van der Waals surface area contributed by atoms with E-state index in [0.717, 1.165) is 16.3 Å². The maximum Gasteiger partial charge on any atom is 0.573 e. The van der Waals surface area contributed by atoms with Crippen LogP contribution in [0, 0.1) is 0 Å². The standard InChI is InChI=1S/C14H10F3NO2.C8H12N2OS/c15-14(16,17)20-13-4-2-1-3-11(13)10-6-5-9(8-19)7-12(10)18;1-10-6-3-4-8(12-9)7(5-6)11-2/h1-8H,18H2;3-5,10H,9H2,1-2H3. The van der Waals surface area contributed by atoms with Gasteiger partial charge in [-0.15, -0.1) is 13.2 Å². The first-order valence-corrected chi connectivity index (χ1v) is 10.0. The molecule has 3 aromatic carbocycles. The topological polar surface area (TPSA) is 99.6 Å². The smallest absolute Gasteiger partial charge is 0.495 e. The Morgan fingerprint density at radius 2 is 1.72 bits per heavy atom. The van der Waals surface area contributed by atoms with Crippen molar-refractivity contribution in [1.29, 1.82) is 0 Å². The molecule has 0 aliphatic rings. The number of benzene rings is 3. The third-order valence-corrected chi connectivity index (χ3v) is 4.79. The number of hydrogen-bond donors (Lipinski definition) is 3. The Bertz CT molecular complexity index is 1060. The lowest BCUT2D eigenvalue weighted by atomic mass is 10.0. The Kier molecular flexibility index (Phi) is 8.80. The minimum Gasteiger partial charge on any atom is -0.495 e. The lowest BCUT2D eigenvalue weighted by Gasteiger charge is -2.14. The van der Waals surface area contributed by atoms with Gasteiger partial charge in [0.1, 0.15) is 17.8 Å². The van der Waals surface area contributed by atoms with Crippen molar-refractivity contribution in [3.05, 3.63) is 66.2 Å². The number of rotatable bonds is 6. The zero-order chi connectivity index (χ0) is 23.7. The highest BCUT2D eigenvalue weighted by molar-refractivity contribution is 7.97. The van der Waals surface area contributed by atoms with Crippen molar-refractivity contribution in [3.8, 4) is 22.6 Å². The molecule has 3 rings (SSSR count). The fraction of sp³-hybridized carbons (Fsp3) is 0.136. The number of aldehydes is 1. The van der Waals surface area contributed by atoms with Crippen LogP contribution in [0.2, 0.25) is 0 Å². The van der Waals surface area contributed by atoms with Gasteiger partial charge in [-0.25, -0.2) is 0 Å². The van der Waals surface area contributed by atoms with Crippen molar-refractivity contribution in [2.24, 2.45) is 5.14 Å². The van der Waals surface area contributed by atoms with Crippen LogP contribution in [0.15, 0.2) is 65.6 Å². The molecule has 0 fully saturated rings. The fourth-order valence-corrected chi connectivity index (χ4v) is 3.13. The normalized spacial score (nSPS) is 10.6. The van der Waals surface area contributed by atoms with Gasteiger partial charge in [0.25, 0.3) is 0 Å². The van der Waals surface area contributed by atoms with Crippen molar-refractivity contribution < 1.29 is 27.4 Å². The highest BCUT2D eigenvalue weighted by Crippen LogP contribution is 2.36. The van der Waals surface area contributed by atoms with Gasteiger partial charge in [-0.1, -0.05) is 30.3 Å². The lowest BCUT2D eigenvalue weighted by molar-refractivity contribution is -0.274. The van der Waals surface area contributed by atoms with Gasteiger partial charge >= 0.3 is 6.36 Å². The molecule has 32 heavy (non-hydrogen) atoms. The summed E-state index contributed by atoms with van der Waals surface area (Å²) in [6.07, 6.45) is -4.17. The number of para-hydroxylation sites is 1. The van der Waals surface area contributed by atoms with Gasteiger partial charge in [0.15, 0.2) is 0 Å². The molecule has 0 saturated carbocycles. The largest absolute Gasteiger partial charge is 0.573 e. The average molecular weight is 465 g/mol. The van der Waals surface area contributed by atoms with Crippen LogP contribution >= 0.6 is 11.9 Å². The number of hydrogen-bond acceptors (Lipinski definition) is 7. The first-order valence-electron chi connectivity index (χ1n) is 9.14. The van der Waals surface area contributed by atoms with Crippen molar-refractivity contribution in [2.45, 2.75) is 11.3 Å². The Balaban J connectivity index is 0.000000258. The Hall–Kier alpha value is -3.37. The summed E-state index contributed by atoms with van der Waals surface area (Å²) in [7, 11) is 3.50. The number of nitrogen functional groups attached to an aromatic ring is 1. The summed E-state index contributed by atoms with van der Waals surface area (Å²) in [5.74, 6) is 0.458. The maximum atomic E-state index is 12.4. The van der Waals surface area contributed by atoms with Crippen LogP contribution in [0.4, 0.5) is 24.5 Å². The molecule has 0 aliphatic carbocycles. The third-order valence-electron chi connectivity index (χ3n) is 4.19. The van der Waals surface area contributed by atoms with E-state index < -0.39 is 6.36 Å². The predicted molar refractivity (Wildman–Crippen MR) is 121 cm³/mol. The first-order chi connectivity index (χ1) is 15.2. The Labute approximate surface area is 187 Å². The molecule has 0 unspecified atom stereocenters. The van der Waals surface area contributed by atoms with Crippen LogP contribution in [0.25, 0.3) is 11.1 Å². The molecule has 0 aliphatic heterocycles. The van der Waals surface area contributed by atoms with E-state index in [1.807, 2.05) is 25.2 Å². The highest BCUT2D eigenvalue weighted by Gasteiger charge is 2.32. The molecular formula is C22H22F3N3O3S. The SMILES string of the molecule is CNc1ccc(SN)c(OC)c1.Nc1cc(C=O)ccc1-c1ccccc1OC(F)(F)F. The summed E-state index contributed by atoms with van der Waals surface area (Å²) in [5, 5.41) is 8.46. The molecule has 0 heterocycles. The molecule has 0 atom stereocenters. The number of alkyl halides is 3. The van der Waals surface area contributed by atoms with E-state index in [-0.39, 0.29) is 17.0 Å². The van der Waals surface area contributed by atoms with E-state index >= 15 is 0 Å². The molecule has 0 saturated heterocycles. The van der Waals surface area contributed by atoms with Gasteiger partial charge in [-0.2, -0.15) is 0 Å². The summed E-state index contributed by atoms with van der Waals surface area (Å²) in [4.78, 5) is 11.6. The number of carbonyl (C=O) groups excluding carboxylic acids is 1. The van der Waals surface area contributed by atoms with Crippen molar-refractivity contribution >= 4 is 29.6 Å². The number of halogens is 3. The van der Waals surface area contributed by atoms with Crippen molar-refractivity contribution in [1.82, 2.24) is 0 Å². The quantitative estimate of drug-likeness (QED) is 0.256. The molecule has 0 aromatic heterocycles. The first kappa shape index (κ1) is 24.9. The van der Waals surface area contributed by atoms with E-state index in [4.69, 9.17) is 15.6 Å². The second-order valence-corrected chi connectivity index (χ2v) is 6.92. The molecule has 5 N–H and O–H groups in total. The summed E-state index contributed by atoms with van der Waals surface area (Å²) < 4.78 is 46.2. The summed E-state index contributed by atoms with van der Waals surface area (Å²) in [6.45, 7) is 0. The summed E-state index contributed by atoms with van der Waals surface area (Å²) in [5.41, 5.74) is 7.91. The van der Waals surface area contributed by atoms with E-state index in [0.29, 0.717) is 17.4 Å². The van der Waals surface area contributed by atoms with Gasteiger partial charge in [-0.05, 0) is 36.2 Å². The molecule has 0 bridgehead atoms. The van der Waals surface area contributed by atoms with E-state index in [1.165, 1.54) is 48.3 Å². The predicted octanol–water partition coefficient (Wildman–Crippen LogP) is 5.35. The van der Waals surface area contributed by atoms with Crippen LogP contribution in [0.3, 0.4) is 0 Å². The third kappa shape index (κ3) is 6.82. The van der Waals surface area contributed by atoms with Crippen LogP contribution in [0.1, 0.15) is 10.4 Å². The summed E-state index contributed by atoms with van der Waals surface area (Å²) >= 11 is 1.19. The van der Waals surface area contributed by atoms with Gasteiger partial charge < -0.3 is 20.5 Å². The number of anilines is 2. The number of methoxy groups -OCH3 is 1. The van der Waals surface area contributed by atoms with E-state index in [1.54, 1.807) is 13.2 Å². The lowest BCUT2D eigenvalue weighted by Crippen LogP contribution is -2.17. The van der Waals surface area contributed by atoms with Crippen LogP contribution in [0.5, 0.6) is 11.5 Å². The highest BCUT2D eigenvalue weighted by atomic mass is 32.2. The fourth-order valence-electron chi connectivity index (χ4n) is 2.72. The molecule has 6 nitrogen and oxygen atoms in total. The molecule has 0 amide bonds. The second-order valence-electron chi connectivity index (χ2n) is 6.24. The average Bonchev–Trinajstić information content (AvgIpc) is 2.78. The van der Waals surface area contributed by atoms with Crippen LogP contribution in [-0.4, -0.2) is 26.8 Å². The molecule has 0 spiro atoms. The van der Waals surface area contributed by atoms with Gasteiger partial charge in [0, 0.05) is 41.2 Å². The van der Waals surface area contributed by atoms with E-state index in [2.05, 4.69) is 10.1 Å². The second kappa shape index (κ2) is 11.3. The molecule has 0 radical (unpaired) electrons.